The lowest BCUT2D eigenvalue weighted by Crippen LogP contribution is -2.74. The maximum Gasteiger partial charge on any atom is 0.179 e. The van der Waals surface area contributed by atoms with Crippen LogP contribution in [0, 0.1) is 34.0 Å². The Morgan fingerprint density at radius 1 is 0.400 bits per heavy atom. The average molecular weight is 653 g/mol. The van der Waals surface area contributed by atoms with Crippen molar-refractivity contribution in [1.29, 1.82) is 15.8 Å². The van der Waals surface area contributed by atoms with Crippen LogP contribution in [-0.4, -0.2) is 12.6 Å². The van der Waals surface area contributed by atoms with Crippen molar-refractivity contribution in [1.82, 2.24) is 4.57 Å². The second-order valence-electron chi connectivity index (χ2n) is 12.3. The molecule has 0 saturated carbocycles. The minimum absolute atomic E-state index is 0.400. The molecular weight excluding hydrogens is 625 g/mol. The van der Waals surface area contributed by atoms with Gasteiger partial charge in [0.25, 0.3) is 0 Å². The lowest BCUT2D eigenvalue weighted by molar-refractivity contribution is 1.15. The fourth-order valence-corrected chi connectivity index (χ4v) is 12.2. The van der Waals surface area contributed by atoms with Crippen LogP contribution >= 0.6 is 0 Å². The van der Waals surface area contributed by atoms with Gasteiger partial charge in [0, 0.05) is 10.8 Å². The zero-order valence-electron chi connectivity index (χ0n) is 27.0. The van der Waals surface area contributed by atoms with E-state index in [0.717, 1.165) is 32.9 Å². The van der Waals surface area contributed by atoms with Crippen molar-refractivity contribution in [3.05, 3.63) is 187 Å². The molecule has 1 aromatic heterocycles. The Morgan fingerprint density at radius 3 is 1.40 bits per heavy atom. The number of fused-ring (bicyclic) bond motifs is 3. The first kappa shape index (κ1) is 30.4. The fourth-order valence-electron chi connectivity index (χ4n) is 7.47. The van der Waals surface area contributed by atoms with Gasteiger partial charge in [-0.3, -0.25) is 0 Å². The molecule has 0 saturated heterocycles. The Labute approximate surface area is 291 Å². The number of benzene rings is 7. The summed E-state index contributed by atoms with van der Waals surface area (Å²) in [6, 6.07) is 65.3. The van der Waals surface area contributed by atoms with E-state index >= 15 is 0 Å². The lowest BCUT2D eigenvalue weighted by atomic mass is 9.98. The van der Waals surface area contributed by atoms with Crippen molar-refractivity contribution in [3.8, 4) is 35.0 Å². The van der Waals surface area contributed by atoms with Crippen molar-refractivity contribution in [3.63, 3.8) is 0 Å². The zero-order chi connectivity index (χ0) is 34.1. The van der Waals surface area contributed by atoms with Crippen LogP contribution in [0.1, 0.15) is 16.7 Å². The molecule has 0 N–H and O–H groups in total. The van der Waals surface area contributed by atoms with E-state index in [4.69, 9.17) is 0 Å². The summed E-state index contributed by atoms with van der Waals surface area (Å²) >= 11 is 0. The van der Waals surface area contributed by atoms with Crippen molar-refractivity contribution in [2.75, 3.05) is 0 Å². The highest BCUT2D eigenvalue weighted by Gasteiger charge is 2.41. The van der Waals surface area contributed by atoms with E-state index < -0.39 is 8.07 Å². The molecule has 0 radical (unpaired) electrons. The summed E-state index contributed by atoms with van der Waals surface area (Å²) in [6.07, 6.45) is 0. The summed E-state index contributed by atoms with van der Waals surface area (Å²) in [5.74, 6) is 0. The molecule has 5 heteroatoms. The number of hydrogen-bond acceptors (Lipinski definition) is 3. The van der Waals surface area contributed by atoms with Gasteiger partial charge in [-0.25, -0.2) is 0 Å². The van der Waals surface area contributed by atoms with E-state index in [0.29, 0.717) is 22.4 Å². The van der Waals surface area contributed by atoms with Crippen molar-refractivity contribution in [2.24, 2.45) is 0 Å². The number of nitrogens with zero attached hydrogens (tertiary/aromatic N) is 4. The predicted octanol–water partition coefficient (Wildman–Crippen LogP) is 7.44. The molecule has 0 aliphatic carbocycles. The smallest absolute Gasteiger partial charge is 0.179 e. The van der Waals surface area contributed by atoms with E-state index in [-0.39, 0.29) is 0 Å². The van der Waals surface area contributed by atoms with Crippen LogP contribution in [0.3, 0.4) is 0 Å². The summed E-state index contributed by atoms with van der Waals surface area (Å²) in [7, 11) is -2.69. The molecule has 0 unspecified atom stereocenters. The standard InChI is InChI=1S/C45H28N4Si/c46-29-32-20-25-44-42(26-32)41-18-10-11-19-43(41)49(44)45-35(30-47)27-34(28-36(45)31-48)33-21-23-40(24-22-33)50(37-12-4-1-5-13-37,38-14-6-2-7-15-38)39-16-8-3-9-17-39/h1-28H. The van der Waals surface area contributed by atoms with Crippen LogP contribution in [0.15, 0.2) is 170 Å². The van der Waals surface area contributed by atoms with Crippen LogP contribution in [0.5, 0.6) is 0 Å². The lowest BCUT2D eigenvalue weighted by Gasteiger charge is -2.34. The first-order valence-electron chi connectivity index (χ1n) is 16.4. The maximum atomic E-state index is 10.6. The molecule has 8 aromatic rings. The summed E-state index contributed by atoms with van der Waals surface area (Å²) < 4.78 is 1.98. The van der Waals surface area contributed by atoms with Crippen molar-refractivity contribution in [2.45, 2.75) is 0 Å². The van der Waals surface area contributed by atoms with Gasteiger partial charge in [0.1, 0.15) is 12.1 Å². The molecule has 0 amide bonds. The van der Waals surface area contributed by atoms with Gasteiger partial charge in [-0.1, -0.05) is 133 Å². The van der Waals surface area contributed by atoms with Gasteiger partial charge in [-0.05, 0) is 68.3 Å². The van der Waals surface area contributed by atoms with Crippen LogP contribution < -0.4 is 20.7 Å². The van der Waals surface area contributed by atoms with Crippen LogP contribution in [0.2, 0.25) is 0 Å². The third kappa shape index (κ3) is 4.80. The Kier molecular flexibility index (Phi) is 7.63. The second kappa shape index (κ2) is 12.6. The largest absolute Gasteiger partial charge is 0.307 e. The SMILES string of the molecule is N#Cc1ccc2c(c1)c1ccccc1n2-c1c(C#N)cc(-c2ccc([Si](c3ccccc3)(c3ccccc3)c3ccccc3)cc2)cc1C#N. The van der Waals surface area contributed by atoms with Gasteiger partial charge in [0.2, 0.25) is 0 Å². The average Bonchev–Trinajstić information content (AvgIpc) is 3.52. The minimum atomic E-state index is -2.69. The van der Waals surface area contributed by atoms with Crippen molar-refractivity contribution < 1.29 is 0 Å². The molecule has 0 spiro atoms. The highest BCUT2D eigenvalue weighted by molar-refractivity contribution is 7.19. The summed E-state index contributed by atoms with van der Waals surface area (Å²) in [5.41, 5.74) is 5.31. The summed E-state index contributed by atoms with van der Waals surface area (Å²) in [5, 5.41) is 37.7. The number of hydrogen-bond donors (Lipinski definition) is 0. The third-order valence-electron chi connectivity index (χ3n) is 9.65. The first-order valence-corrected chi connectivity index (χ1v) is 18.4. The van der Waals surface area contributed by atoms with E-state index in [9.17, 15) is 15.8 Å². The van der Waals surface area contributed by atoms with Gasteiger partial charge >= 0.3 is 0 Å². The normalized spacial score (nSPS) is 11.1. The molecule has 0 aliphatic rings. The molecule has 232 valence electrons. The van der Waals surface area contributed by atoms with Crippen LogP contribution in [0.4, 0.5) is 0 Å². The van der Waals surface area contributed by atoms with Gasteiger partial charge < -0.3 is 4.57 Å². The Hall–Kier alpha value is -6.97. The monoisotopic (exact) mass is 652 g/mol. The summed E-state index contributed by atoms with van der Waals surface area (Å²) in [6.45, 7) is 0. The molecular formula is C45H28N4Si. The number of rotatable bonds is 6. The van der Waals surface area contributed by atoms with Gasteiger partial charge in [0.15, 0.2) is 8.07 Å². The first-order chi connectivity index (χ1) is 24.7. The number of aromatic nitrogens is 1. The van der Waals surface area contributed by atoms with E-state index in [2.05, 4.69) is 133 Å². The highest BCUT2D eigenvalue weighted by atomic mass is 28.3. The molecule has 0 atom stereocenters. The molecule has 7 aromatic carbocycles. The van der Waals surface area contributed by atoms with E-state index in [1.54, 1.807) is 6.07 Å². The Bertz CT molecular complexity index is 2530. The fraction of sp³-hybridized carbons (Fsp3) is 0. The van der Waals surface area contributed by atoms with E-state index in [1.165, 1.54) is 20.7 Å². The van der Waals surface area contributed by atoms with Gasteiger partial charge in [0.05, 0.1) is 39.5 Å². The van der Waals surface area contributed by atoms with Crippen LogP contribution in [-0.2, 0) is 0 Å². The minimum Gasteiger partial charge on any atom is -0.307 e. The van der Waals surface area contributed by atoms with Gasteiger partial charge in [-0.2, -0.15) is 15.8 Å². The highest BCUT2D eigenvalue weighted by Crippen LogP contribution is 2.36. The van der Waals surface area contributed by atoms with Crippen molar-refractivity contribution >= 4 is 50.6 Å². The second-order valence-corrected chi connectivity index (χ2v) is 16.1. The molecule has 50 heavy (non-hydrogen) atoms. The molecule has 1 heterocycles. The molecule has 0 aliphatic heterocycles. The van der Waals surface area contributed by atoms with Gasteiger partial charge in [-0.15, -0.1) is 0 Å². The molecule has 0 fully saturated rings. The van der Waals surface area contributed by atoms with Crippen LogP contribution in [0.25, 0.3) is 38.6 Å². The number of para-hydroxylation sites is 1. The Morgan fingerprint density at radius 2 is 0.880 bits per heavy atom. The topological polar surface area (TPSA) is 76.3 Å². The molecule has 8 rings (SSSR count). The maximum absolute atomic E-state index is 10.6. The summed E-state index contributed by atoms with van der Waals surface area (Å²) in [4.78, 5) is 0. The molecule has 0 bridgehead atoms. The van der Waals surface area contributed by atoms with E-state index in [1.807, 2.05) is 53.1 Å². The predicted molar refractivity (Wildman–Crippen MR) is 204 cm³/mol. The molecule has 4 nitrogen and oxygen atoms in total. The zero-order valence-corrected chi connectivity index (χ0v) is 28.0. The number of nitriles is 3. The quantitative estimate of drug-likeness (QED) is 0.138. The third-order valence-corrected chi connectivity index (χ3v) is 14.4. The Balaban J connectivity index is 1.31.